The van der Waals surface area contributed by atoms with Crippen molar-refractivity contribution < 1.29 is 9.59 Å². The van der Waals surface area contributed by atoms with E-state index < -0.39 is 5.91 Å². The molecule has 0 radical (unpaired) electrons. The quantitative estimate of drug-likeness (QED) is 0.514. The molecule has 148 valence electrons. The summed E-state index contributed by atoms with van der Waals surface area (Å²) in [6, 6.07) is 12.2. The van der Waals surface area contributed by atoms with E-state index in [-0.39, 0.29) is 26.5 Å². The van der Waals surface area contributed by atoms with Crippen molar-refractivity contribution in [1.29, 1.82) is 0 Å². The van der Waals surface area contributed by atoms with Crippen LogP contribution in [-0.2, 0) is 13.0 Å². The highest BCUT2D eigenvalue weighted by Gasteiger charge is 2.26. The van der Waals surface area contributed by atoms with E-state index >= 15 is 0 Å². The number of carbonyl (C=O) groups is 2. The highest BCUT2D eigenvalue weighted by atomic mass is 35.5. The highest BCUT2D eigenvalue weighted by Crippen LogP contribution is 2.33. The molecule has 2 aromatic carbocycles. The van der Waals surface area contributed by atoms with Crippen molar-refractivity contribution in [3.63, 3.8) is 0 Å². The standard InChI is InChI=1S/C20H14Cl3N3O2S/c21-12-6-7-13(22)17(23)16(12)18(27)25-20-24-14-8-9-26(10-15(14)29-20)19(28)11-4-2-1-3-5-11/h1-7H,8-10H2,(H,24,25,27). The Kier molecular flexibility index (Phi) is 5.79. The number of carbonyl (C=O) groups excluding carboxylic acids is 2. The Morgan fingerprint density at radius 1 is 1.03 bits per heavy atom. The summed E-state index contributed by atoms with van der Waals surface area (Å²) in [5.41, 5.74) is 1.64. The summed E-state index contributed by atoms with van der Waals surface area (Å²) in [4.78, 5) is 32.5. The number of nitrogens with zero attached hydrogens (tertiary/aromatic N) is 2. The Balaban J connectivity index is 1.51. The molecule has 0 atom stereocenters. The largest absolute Gasteiger partial charge is 0.333 e. The second kappa shape index (κ2) is 8.32. The van der Waals surface area contributed by atoms with E-state index in [1.807, 2.05) is 18.2 Å². The van der Waals surface area contributed by atoms with Crippen molar-refractivity contribution >= 4 is 63.1 Å². The van der Waals surface area contributed by atoms with E-state index in [4.69, 9.17) is 34.8 Å². The van der Waals surface area contributed by atoms with Crippen LogP contribution in [0.3, 0.4) is 0 Å². The van der Waals surface area contributed by atoms with Gasteiger partial charge in [0.1, 0.15) is 0 Å². The minimum absolute atomic E-state index is 0.0206. The first-order valence-electron chi connectivity index (χ1n) is 8.72. The maximum atomic E-state index is 12.7. The van der Waals surface area contributed by atoms with Crippen LogP contribution in [0.15, 0.2) is 42.5 Å². The molecule has 0 spiro atoms. The van der Waals surface area contributed by atoms with Crippen LogP contribution in [0.25, 0.3) is 0 Å². The molecule has 0 saturated heterocycles. The molecule has 4 rings (SSSR count). The third-order valence-corrected chi connectivity index (χ3v) is 6.65. The predicted molar refractivity (Wildman–Crippen MR) is 116 cm³/mol. The van der Waals surface area contributed by atoms with E-state index in [0.717, 1.165) is 10.6 Å². The first-order chi connectivity index (χ1) is 13.9. The fourth-order valence-electron chi connectivity index (χ4n) is 3.08. The lowest BCUT2D eigenvalue weighted by molar-refractivity contribution is 0.0736. The number of amides is 2. The number of fused-ring (bicyclic) bond motifs is 1. The van der Waals surface area contributed by atoms with Crippen LogP contribution in [0.4, 0.5) is 5.13 Å². The van der Waals surface area contributed by atoms with Crippen molar-refractivity contribution in [2.24, 2.45) is 0 Å². The van der Waals surface area contributed by atoms with Crippen molar-refractivity contribution in [3.05, 3.63) is 79.2 Å². The molecule has 3 aromatic rings. The zero-order chi connectivity index (χ0) is 20.5. The molecule has 2 amide bonds. The van der Waals surface area contributed by atoms with E-state index in [9.17, 15) is 9.59 Å². The molecule has 0 fully saturated rings. The summed E-state index contributed by atoms with van der Waals surface area (Å²) >= 11 is 19.6. The Morgan fingerprint density at radius 3 is 2.52 bits per heavy atom. The van der Waals surface area contributed by atoms with Gasteiger partial charge in [0.2, 0.25) is 0 Å². The van der Waals surface area contributed by atoms with Gasteiger partial charge in [-0.25, -0.2) is 4.98 Å². The lowest BCUT2D eigenvalue weighted by Gasteiger charge is -2.26. The average Bonchev–Trinajstić information content (AvgIpc) is 3.12. The molecule has 1 aromatic heterocycles. The van der Waals surface area contributed by atoms with Gasteiger partial charge in [-0.2, -0.15) is 0 Å². The lowest BCUT2D eigenvalue weighted by atomic mass is 10.1. The van der Waals surface area contributed by atoms with Gasteiger partial charge >= 0.3 is 0 Å². The number of aromatic nitrogens is 1. The molecule has 0 aliphatic carbocycles. The van der Waals surface area contributed by atoms with Gasteiger partial charge in [0, 0.05) is 23.4 Å². The van der Waals surface area contributed by atoms with Gasteiger partial charge < -0.3 is 4.90 Å². The molecule has 5 nitrogen and oxygen atoms in total. The second-order valence-electron chi connectivity index (χ2n) is 6.40. The molecule has 29 heavy (non-hydrogen) atoms. The molecule has 1 aliphatic rings. The van der Waals surface area contributed by atoms with Crippen molar-refractivity contribution in [3.8, 4) is 0 Å². The summed E-state index contributed by atoms with van der Waals surface area (Å²) in [6.07, 6.45) is 0.624. The fraction of sp³-hybridized carbons (Fsp3) is 0.150. The van der Waals surface area contributed by atoms with Crippen molar-refractivity contribution in [2.75, 3.05) is 11.9 Å². The van der Waals surface area contributed by atoms with Gasteiger partial charge in [-0.3, -0.25) is 14.9 Å². The SMILES string of the molecule is O=C(Nc1nc2c(s1)CN(C(=O)c1ccccc1)CC2)c1c(Cl)ccc(Cl)c1Cl. The van der Waals surface area contributed by atoms with E-state index in [1.165, 1.54) is 23.5 Å². The Labute approximate surface area is 186 Å². The van der Waals surface area contributed by atoms with Crippen LogP contribution in [-0.4, -0.2) is 28.2 Å². The zero-order valence-electron chi connectivity index (χ0n) is 14.9. The van der Waals surface area contributed by atoms with Gasteiger partial charge in [-0.1, -0.05) is 64.3 Å². The zero-order valence-corrected chi connectivity index (χ0v) is 18.0. The van der Waals surface area contributed by atoms with Crippen molar-refractivity contribution in [1.82, 2.24) is 9.88 Å². The molecular weight excluding hydrogens is 453 g/mol. The maximum absolute atomic E-state index is 12.7. The summed E-state index contributed by atoms with van der Waals surface area (Å²) in [7, 11) is 0. The molecule has 0 bridgehead atoms. The Morgan fingerprint density at radius 2 is 1.76 bits per heavy atom. The first kappa shape index (κ1) is 20.2. The van der Waals surface area contributed by atoms with Gasteiger partial charge in [0.15, 0.2) is 5.13 Å². The highest BCUT2D eigenvalue weighted by molar-refractivity contribution is 7.15. The van der Waals surface area contributed by atoms with Gasteiger partial charge in [-0.05, 0) is 24.3 Å². The molecule has 1 N–H and O–H groups in total. The number of hydrogen-bond acceptors (Lipinski definition) is 4. The lowest BCUT2D eigenvalue weighted by Crippen LogP contribution is -2.35. The van der Waals surface area contributed by atoms with Crippen LogP contribution in [0, 0.1) is 0 Å². The smallest absolute Gasteiger partial charge is 0.260 e. The van der Waals surface area contributed by atoms with Gasteiger partial charge in [0.05, 0.1) is 32.9 Å². The third-order valence-electron chi connectivity index (χ3n) is 4.53. The summed E-state index contributed by atoms with van der Waals surface area (Å²) in [5, 5.41) is 3.72. The summed E-state index contributed by atoms with van der Waals surface area (Å²) in [6.45, 7) is 1.03. The van der Waals surface area contributed by atoms with Crippen LogP contribution in [0.5, 0.6) is 0 Å². The minimum atomic E-state index is -0.481. The van der Waals surface area contributed by atoms with E-state index in [1.54, 1.807) is 17.0 Å². The minimum Gasteiger partial charge on any atom is -0.333 e. The Bertz CT molecular complexity index is 1100. The predicted octanol–water partition coefficient (Wildman–Crippen LogP) is 5.55. The van der Waals surface area contributed by atoms with Crippen LogP contribution >= 0.6 is 46.1 Å². The number of halogens is 3. The molecule has 1 aliphatic heterocycles. The van der Waals surface area contributed by atoms with Crippen LogP contribution < -0.4 is 5.32 Å². The van der Waals surface area contributed by atoms with E-state index in [2.05, 4.69) is 10.3 Å². The molecule has 9 heteroatoms. The Hall–Kier alpha value is -2.12. The molecule has 0 saturated carbocycles. The molecular formula is C20H14Cl3N3O2S. The van der Waals surface area contributed by atoms with Crippen LogP contribution in [0.1, 0.15) is 31.3 Å². The van der Waals surface area contributed by atoms with Crippen LogP contribution in [0.2, 0.25) is 15.1 Å². The number of benzene rings is 2. The topological polar surface area (TPSA) is 62.3 Å². The van der Waals surface area contributed by atoms with E-state index in [0.29, 0.717) is 30.2 Å². The van der Waals surface area contributed by atoms with Gasteiger partial charge in [0.25, 0.3) is 11.8 Å². The molecule has 2 heterocycles. The molecule has 0 unspecified atom stereocenters. The number of rotatable bonds is 3. The van der Waals surface area contributed by atoms with Crippen molar-refractivity contribution in [2.45, 2.75) is 13.0 Å². The number of anilines is 1. The second-order valence-corrected chi connectivity index (χ2v) is 8.68. The normalized spacial score (nSPS) is 13.1. The van der Waals surface area contributed by atoms with Gasteiger partial charge in [-0.15, -0.1) is 0 Å². The fourth-order valence-corrected chi connectivity index (χ4v) is 4.80. The summed E-state index contributed by atoms with van der Waals surface area (Å²) < 4.78 is 0. The number of nitrogens with one attached hydrogen (secondary N) is 1. The third kappa shape index (κ3) is 4.12. The monoisotopic (exact) mass is 465 g/mol. The number of hydrogen-bond donors (Lipinski definition) is 1. The first-order valence-corrected chi connectivity index (χ1v) is 10.7. The maximum Gasteiger partial charge on any atom is 0.260 e. The average molecular weight is 467 g/mol. The number of thiazole rings is 1. The summed E-state index contributed by atoms with van der Waals surface area (Å²) in [5.74, 6) is -0.501.